The Bertz CT molecular complexity index is 610. The average Bonchev–Trinajstić information content (AvgIpc) is 2.58. The largest absolute Gasteiger partial charge is 0.349 e. The fraction of sp³-hybridized carbons (Fsp3) is 0.350. The number of hydrogen-bond acceptors (Lipinski definition) is 1. The van der Waals surface area contributed by atoms with Gasteiger partial charge in [-0.15, -0.1) is 0 Å². The molecule has 0 heterocycles. The Morgan fingerprint density at radius 3 is 2.09 bits per heavy atom. The molecular weight excluding hydrogens is 270 g/mol. The topological polar surface area (TPSA) is 29.1 Å². The summed E-state index contributed by atoms with van der Waals surface area (Å²) in [5.74, 6) is 0.859. The highest BCUT2D eigenvalue weighted by Crippen LogP contribution is 2.24. The van der Waals surface area contributed by atoms with Crippen LogP contribution in [0.5, 0.6) is 0 Å². The first-order chi connectivity index (χ1) is 10.7. The van der Waals surface area contributed by atoms with Crippen LogP contribution in [0.15, 0.2) is 54.6 Å². The van der Waals surface area contributed by atoms with Gasteiger partial charge in [0.1, 0.15) is 0 Å². The fourth-order valence-electron chi connectivity index (χ4n) is 3.12. The molecule has 0 spiro atoms. The highest BCUT2D eigenvalue weighted by molar-refractivity contribution is 5.94. The molecule has 2 aromatic carbocycles. The molecule has 1 fully saturated rings. The van der Waals surface area contributed by atoms with Crippen molar-refractivity contribution in [1.82, 2.24) is 5.32 Å². The quantitative estimate of drug-likeness (QED) is 0.876. The van der Waals surface area contributed by atoms with Crippen molar-refractivity contribution in [2.24, 2.45) is 5.92 Å². The predicted octanol–water partition coefficient (Wildman–Crippen LogP) is 4.66. The van der Waals surface area contributed by atoms with Crippen LogP contribution in [0.1, 0.15) is 43.0 Å². The third kappa shape index (κ3) is 3.56. The van der Waals surface area contributed by atoms with E-state index in [0.29, 0.717) is 6.04 Å². The highest BCUT2D eigenvalue weighted by Gasteiger charge is 2.20. The lowest BCUT2D eigenvalue weighted by molar-refractivity contribution is 0.0923. The summed E-state index contributed by atoms with van der Waals surface area (Å²) in [7, 11) is 0. The minimum Gasteiger partial charge on any atom is -0.349 e. The molecule has 0 bridgehead atoms. The molecular formula is C20H23NO. The first kappa shape index (κ1) is 14.8. The van der Waals surface area contributed by atoms with E-state index in [9.17, 15) is 4.79 Å². The van der Waals surface area contributed by atoms with Gasteiger partial charge in [0.25, 0.3) is 5.91 Å². The molecule has 114 valence electrons. The van der Waals surface area contributed by atoms with Crippen molar-refractivity contribution in [2.75, 3.05) is 0 Å². The number of amides is 1. The Hall–Kier alpha value is -2.09. The summed E-state index contributed by atoms with van der Waals surface area (Å²) < 4.78 is 0. The SMILES string of the molecule is CC1CCC(NC(=O)c2ccc(-c3ccccc3)cc2)CC1. The van der Waals surface area contributed by atoms with Crippen molar-refractivity contribution in [3.8, 4) is 11.1 Å². The van der Waals surface area contributed by atoms with Gasteiger partial charge in [0, 0.05) is 11.6 Å². The van der Waals surface area contributed by atoms with Crippen LogP contribution in [0.4, 0.5) is 0 Å². The molecule has 1 N–H and O–H groups in total. The zero-order valence-corrected chi connectivity index (χ0v) is 13.1. The third-order valence-corrected chi connectivity index (χ3v) is 4.61. The monoisotopic (exact) mass is 293 g/mol. The normalized spacial score (nSPS) is 21.3. The summed E-state index contributed by atoms with van der Waals surface area (Å²) in [6, 6.07) is 18.5. The fourth-order valence-corrected chi connectivity index (χ4v) is 3.12. The van der Waals surface area contributed by atoms with Gasteiger partial charge < -0.3 is 5.32 Å². The van der Waals surface area contributed by atoms with Crippen LogP contribution in [0.3, 0.4) is 0 Å². The van der Waals surface area contributed by atoms with Gasteiger partial charge in [-0.05, 0) is 54.9 Å². The molecule has 0 radical (unpaired) electrons. The van der Waals surface area contributed by atoms with Crippen LogP contribution in [0.2, 0.25) is 0 Å². The number of hydrogen-bond donors (Lipinski definition) is 1. The zero-order valence-electron chi connectivity index (χ0n) is 13.1. The van der Waals surface area contributed by atoms with Crippen molar-refractivity contribution >= 4 is 5.91 Å². The molecule has 22 heavy (non-hydrogen) atoms. The van der Waals surface area contributed by atoms with Gasteiger partial charge in [0.15, 0.2) is 0 Å². The molecule has 0 saturated heterocycles. The Balaban J connectivity index is 1.64. The van der Waals surface area contributed by atoms with Gasteiger partial charge in [-0.25, -0.2) is 0 Å². The van der Waals surface area contributed by atoms with E-state index >= 15 is 0 Å². The van der Waals surface area contributed by atoms with Crippen molar-refractivity contribution in [2.45, 2.75) is 38.6 Å². The highest BCUT2D eigenvalue weighted by atomic mass is 16.1. The average molecular weight is 293 g/mol. The summed E-state index contributed by atoms with van der Waals surface area (Å²) in [4.78, 5) is 12.3. The van der Waals surface area contributed by atoms with Gasteiger partial charge >= 0.3 is 0 Å². The lowest BCUT2D eigenvalue weighted by atomic mass is 9.87. The maximum Gasteiger partial charge on any atom is 0.251 e. The van der Waals surface area contributed by atoms with Gasteiger partial charge in [-0.1, -0.05) is 49.4 Å². The van der Waals surface area contributed by atoms with Crippen molar-refractivity contribution in [1.29, 1.82) is 0 Å². The smallest absolute Gasteiger partial charge is 0.251 e. The Labute approximate surface area is 132 Å². The van der Waals surface area contributed by atoms with Crippen LogP contribution in [0, 0.1) is 5.92 Å². The van der Waals surface area contributed by atoms with E-state index in [2.05, 4.69) is 24.4 Å². The molecule has 1 aliphatic carbocycles. The van der Waals surface area contributed by atoms with E-state index in [4.69, 9.17) is 0 Å². The van der Waals surface area contributed by atoms with Crippen LogP contribution in [-0.4, -0.2) is 11.9 Å². The first-order valence-corrected chi connectivity index (χ1v) is 8.19. The third-order valence-electron chi connectivity index (χ3n) is 4.61. The minimum atomic E-state index is 0.0548. The van der Waals surface area contributed by atoms with Crippen LogP contribution in [-0.2, 0) is 0 Å². The summed E-state index contributed by atoms with van der Waals surface area (Å²) in [5.41, 5.74) is 3.07. The van der Waals surface area contributed by atoms with E-state index in [1.165, 1.54) is 18.4 Å². The summed E-state index contributed by atoms with van der Waals surface area (Å²) in [5, 5.41) is 3.18. The number of nitrogens with one attached hydrogen (secondary N) is 1. The first-order valence-electron chi connectivity index (χ1n) is 8.19. The van der Waals surface area contributed by atoms with Gasteiger partial charge in [0.2, 0.25) is 0 Å². The maximum absolute atomic E-state index is 12.3. The Morgan fingerprint density at radius 1 is 0.864 bits per heavy atom. The van der Waals surface area contributed by atoms with Gasteiger partial charge in [-0.2, -0.15) is 0 Å². The van der Waals surface area contributed by atoms with Gasteiger partial charge in [0.05, 0.1) is 0 Å². The minimum absolute atomic E-state index is 0.0548. The maximum atomic E-state index is 12.3. The Kier molecular flexibility index (Phi) is 4.57. The van der Waals surface area contributed by atoms with Crippen molar-refractivity contribution in [3.05, 3.63) is 60.2 Å². The molecule has 2 heteroatoms. The number of benzene rings is 2. The predicted molar refractivity (Wildman–Crippen MR) is 90.8 cm³/mol. The molecule has 3 rings (SSSR count). The van der Waals surface area contributed by atoms with Gasteiger partial charge in [-0.3, -0.25) is 4.79 Å². The van der Waals surface area contributed by atoms with Crippen molar-refractivity contribution in [3.63, 3.8) is 0 Å². The molecule has 0 atom stereocenters. The molecule has 0 aromatic heterocycles. The summed E-state index contributed by atoms with van der Waals surface area (Å²) in [6.07, 6.45) is 4.65. The lowest BCUT2D eigenvalue weighted by Gasteiger charge is -2.26. The molecule has 2 nitrogen and oxygen atoms in total. The molecule has 1 amide bonds. The summed E-state index contributed by atoms with van der Waals surface area (Å²) in [6.45, 7) is 2.29. The number of rotatable bonds is 3. The molecule has 1 aliphatic rings. The molecule has 2 aromatic rings. The van der Waals surface area contributed by atoms with Crippen LogP contribution >= 0.6 is 0 Å². The van der Waals surface area contributed by atoms with E-state index in [-0.39, 0.29) is 5.91 Å². The van der Waals surface area contributed by atoms with Crippen molar-refractivity contribution < 1.29 is 4.79 Å². The number of carbonyl (C=O) groups is 1. The second-order valence-electron chi connectivity index (χ2n) is 6.37. The van der Waals surface area contributed by atoms with E-state index in [1.54, 1.807) is 0 Å². The second-order valence-corrected chi connectivity index (χ2v) is 6.37. The van der Waals surface area contributed by atoms with E-state index in [0.717, 1.165) is 29.9 Å². The molecule has 0 aliphatic heterocycles. The Morgan fingerprint density at radius 2 is 1.45 bits per heavy atom. The molecule has 1 saturated carbocycles. The standard InChI is InChI=1S/C20H23NO/c1-15-7-13-19(14-8-15)21-20(22)18-11-9-17(10-12-18)16-5-3-2-4-6-16/h2-6,9-12,15,19H,7-8,13-14H2,1H3,(H,21,22). The number of carbonyl (C=O) groups excluding carboxylic acids is 1. The molecule has 0 unspecified atom stereocenters. The second kappa shape index (κ2) is 6.78. The summed E-state index contributed by atoms with van der Waals surface area (Å²) >= 11 is 0. The van der Waals surface area contributed by atoms with Crippen LogP contribution in [0.25, 0.3) is 11.1 Å². The van der Waals surface area contributed by atoms with Crippen LogP contribution < -0.4 is 5.32 Å². The van der Waals surface area contributed by atoms with E-state index in [1.807, 2.05) is 42.5 Å². The van der Waals surface area contributed by atoms with E-state index < -0.39 is 0 Å². The lowest BCUT2D eigenvalue weighted by Crippen LogP contribution is -2.37. The zero-order chi connectivity index (χ0) is 15.4.